The van der Waals surface area contributed by atoms with E-state index in [2.05, 4.69) is 5.32 Å². The van der Waals surface area contributed by atoms with Crippen LogP contribution in [-0.4, -0.2) is 19.1 Å². The molecule has 0 atom stereocenters. The van der Waals surface area contributed by atoms with Crippen LogP contribution in [0.1, 0.15) is 32.6 Å². The molecule has 112 valence electrons. The Labute approximate surface area is 122 Å². The summed E-state index contributed by atoms with van der Waals surface area (Å²) in [5.74, 6) is -1.61. The molecule has 0 aliphatic rings. The third-order valence-electron chi connectivity index (χ3n) is 2.67. The van der Waals surface area contributed by atoms with Gasteiger partial charge in [0.15, 0.2) is 5.82 Å². The minimum absolute atomic E-state index is 0.0222. The third kappa shape index (κ3) is 5.74. The lowest BCUT2D eigenvalue weighted by Crippen LogP contribution is -2.06. The monoisotopic (exact) mass is 305 g/mol. The quantitative estimate of drug-likeness (QED) is 0.579. The molecule has 0 spiro atoms. The molecule has 20 heavy (non-hydrogen) atoms. The Morgan fingerprint density at radius 1 is 1.30 bits per heavy atom. The molecule has 1 rings (SSSR count). The van der Waals surface area contributed by atoms with Crippen LogP contribution in [0, 0.1) is 11.6 Å². The molecule has 1 N–H and O–H groups in total. The minimum atomic E-state index is -0.707. The Bertz CT molecular complexity index is 432. The van der Waals surface area contributed by atoms with Gasteiger partial charge in [-0.3, -0.25) is 4.79 Å². The summed E-state index contributed by atoms with van der Waals surface area (Å²) in [6, 6.07) is 1.85. The zero-order valence-corrected chi connectivity index (χ0v) is 12.1. The van der Waals surface area contributed by atoms with Gasteiger partial charge < -0.3 is 10.1 Å². The van der Waals surface area contributed by atoms with Gasteiger partial charge in [0.1, 0.15) is 5.82 Å². The summed E-state index contributed by atoms with van der Waals surface area (Å²) in [6.45, 7) is 2.66. The Morgan fingerprint density at radius 3 is 2.70 bits per heavy atom. The summed E-state index contributed by atoms with van der Waals surface area (Å²) >= 11 is 5.75. The highest BCUT2D eigenvalue weighted by Gasteiger charge is 2.09. The van der Waals surface area contributed by atoms with Gasteiger partial charge in [-0.2, -0.15) is 0 Å². The van der Waals surface area contributed by atoms with Crippen LogP contribution in [0.4, 0.5) is 14.5 Å². The van der Waals surface area contributed by atoms with Gasteiger partial charge in [0.2, 0.25) is 0 Å². The number of unbranched alkanes of at least 4 members (excludes halogenated alkanes) is 2. The van der Waals surface area contributed by atoms with Gasteiger partial charge in [-0.1, -0.05) is 18.0 Å². The Kier molecular flexibility index (Phi) is 7.30. The van der Waals surface area contributed by atoms with Crippen molar-refractivity contribution in [3.05, 3.63) is 28.8 Å². The van der Waals surface area contributed by atoms with E-state index in [-0.39, 0.29) is 16.7 Å². The fourth-order valence-electron chi connectivity index (χ4n) is 1.73. The van der Waals surface area contributed by atoms with E-state index < -0.39 is 11.6 Å². The summed E-state index contributed by atoms with van der Waals surface area (Å²) in [5, 5.41) is 2.85. The van der Waals surface area contributed by atoms with Gasteiger partial charge in [0, 0.05) is 19.0 Å². The highest BCUT2D eigenvalue weighted by Crippen LogP contribution is 2.26. The topological polar surface area (TPSA) is 38.3 Å². The summed E-state index contributed by atoms with van der Waals surface area (Å²) in [4.78, 5) is 11.1. The number of ether oxygens (including phenoxy) is 1. The van der Waals surface area contributed by atoms with Crippen molar-refractivity contribution in [3.8, 4) is 0 Å². The first kappa shape index (κ1) is 16.7. The SMILES string of the molecule is CCOC(=O)CCCCCNc1c(F)cc(F)cc1Cl. The number of carbonyl (C=O) groups excluding carboxylic acids is 1. The summed E-state index contributed by atoms with van der Waals surface area (Å²) < 4.78 is 31.1. The molecule has 0 unspecified atom stereocenters. The smallest absolute Gasteiger partial charge is 0.305 e. The van der Waals surface area contributed by atoms with Crippen LogP contribution in [0.15, 0.2) is 12.1 Å². The van der Waals surface area contributed by atoms with Gasteiger partial charge >= 0.3 is 5.97 Å². The lowest BCUT2D eigenvalue weighted by Gasteiger charge is -2.09. The van der Waals surface area contributed by atoms with Crippen molar-refractivity contribution in [2.45, 2.75) is 32.6 Å². The number of anilines is 1. The first-order valence-electron chi connectivity index (χ1n) is 6.58. The number of carbonyl (C=O) groups is 1. The van der Waals surface area contributed by atoms with Crippen LogP contribution in [0.5, 0.6) is 0 Å². The van der Waals surface area contributed by atoms with Crippen molar-refractivity contribution in [1.29, 1.82) is 0 Å². The number of hydrogen-bond donors (Lipinski definition) is 1. The predicted molar refractivity (Wildman–Crippen MR) is 75.0 cm³/mol. The average molecular weight is 306 g/mol. The second-order valence-corrected chi connectivity index (χ2v) is 4.69. The normalized spacial score (nSPS) is 10.4. The Balaban J connectivity index is 2.23. The number of esters is 1. The standard InChI is InChI=1S/C14H18ClF2NO2/c1-2-20-13(19)6-4-3-5-7-18-14-11(15)8-10(16)9-12(14)17/h8-9,18H,2-7H2,1H3. The molecule has 0 aromatic heterocycles. The summed E-state index contributed by atoms with van der Waals surface area (Å²) in [6.07, 6.45) is 2.68. The van der Waals surface area contributed by atoms with Gasteiger partial charge in [-0.05, 0) is 25.8 Å². The molecule has 0 fully saturated rings. The molecule has 0 radical (unpaired) electrons. The van der Waals surface area contributed by atoms with Crippen molar-refractivity contribution in [1.82, 2.24) is 0 Å². The maximum Gasteiger partial charge on any atom is 0.305 e. The molecule has 0 amide bonds. The van der Waals surface area contributed by atoms with E-state index >= 15 is 0 Å². The first-order chi connectivity index (χ1) is 9.54. The molecular formula is C14H18ClF2NO2. The highest BCUT2D eigenvalue weighted by molar-refractivity contribution is 6.33. The van der Waals surface area contributed by atoms with E-state index in [0.717, 1.165) is 31.4 Å². The largest absolute Gasteiger partial charge is 0.466 e. The predicted octanol–water partition coefficient (Wildman–Crippen LogP) is 4.15. The maximum absolute atomic E-state index is 13.4. The molecule has 6 heteroatoms. The average Bonchev–Trinajstić information content (AvgIpc) is 2.36. The van der Waals surface area contributed by atoms with Crippen LogP contribution < -0.4 is 5.32 Å². The van der Waals surface area contributed by atoms with E-state index in [1.807, 2.05) is 0 Å². The lowest BCUT2D eigenvalue weighted by molar-refractivity contribution is -0.143. The van der Waals surface area contributed by atoms with Crippen LogP contribution in [0.2, 0.25) is 5.02 Å². The zero-order valence-electron chi connectivity index (χ0n) is 11.3. The zero-order chi connectivity index (χ0) is 15.0. The van der Waals surface area contributed by atoms with E-state index in [0.29, 0.717) is 19.6 Å². The Hall–Kier alpha value is -1.36. The molecule has 0 bridgehead atoms. The summed E-state index contributed by atoms with van der Waals surface area (Å²) in [7, 11) is 0. The number of benzene rings is 1. The molecule has 0 aliphatic heterocycles. The lowest BCUT2D eigenvalue weighted by atomic mass is 10.2. The van der Waals surface area contributed by atoms with Crippen molar-refractivity contribution < 1.29 is 18.3 Å². The van der Waals surface area contributed by atoms with Crippen LogP contribution in [0.3, 0.4) is 0 Å². The second kappa shape index (κ2) is 8.74. The number of halogens is 3. The van der Waals surface area contributed by atoms with Crippen molar-refractivity contribution in [2.75, 3.05) is 18.5 Å². The molecule has 3 nitrogen and oxygen atoms in total. The van der Waals surface area contributed by atoms with Gasteiger partial charge in [0.05, 0.1) is 17.3 Å². The van der Waals surface area contributed by atoms with Crippen molar-refractivity contribution in [3.63, 3.8) is 0 Å². The molecule has 1 aromatic carbocycles. The van der Waals surface area contributed by atoms with Crippen molar-refractivity contribution >= 4 is 23.3 Å². The van der Waals surface area contributed by atoms with Gasteiger partial charge in [-0.15, -0.1) is 0 Å². The molecule has 0 saturated carbocycles. The number of hydrogen-bond acceptors (Lipinski definition) is 3. The van der Waals surface area contributed by atoms with Gasteiger partial charge in [0.25, 0.3) is 0 Å². The summed E-state index contributed by atoms with van der Waals surface area (Å²) in [5.41, 5.74) is 0.110. The van der Waals surface area contributed by atoms with Crippen molar-refractivity contribution in [2.24, 2.45) is 0 Å². The third-order valence-corrected chi connectivity index (χ3v) is 2.97. The Morgan fingerprint density at radius 2 is 2.05 bits per heavy atom. The molecule has 0 heterocycles. The van der Waals surface area contributed by atoms with Crippen LogP contribution in [0.25, 0.3) is 0 Å². The second-order valence-electron chi connectivity index (χ2n) is 4.29. The van der Waals surface area contributed by atoms with Crippen LogP contribution in [-0.2, 0) is 9.53 Å². The molecule has 0 aliphatic carbocycles. The fourth-order valence-corrected chi connectivity index (χ4v) is 1.99. The minimum Gasteiger partial charge on any atom is -0.466 e. The van der Waals surface area contributed by atoms with E-state index in [1.165, 1.54) is 0 Å². The molecule has 1 aromatic rings. The highest BCUT2D eigenvalue weighted by atomic mass is 35.5. The van der Waals surface area contributed by atoms with Gasteiger partial charge in [-0.25, -0.2) is 8.78 Å². The fraction of sp³-hybridized carbons (Fsp3) is 0.500. The van der Waals surface area contributed by atoms with Crippen LogP contribution >= 0.6 is 11.6 Å². The van der Waals surface area contributed by atoms with E-state index in [1.54, 1.807) is 6.92 Å². The van der Waals surface area contributed by atoms with E-state index in [9.17, 15) is 13.6 Å². The molecule has 0 saturated heterocycles. The number of nitrogens with one attached hydrogen (secondary N) is 1. The first-order valence-corrected chi connectivity index (χ1v) is 6.96. The number of rotatable bonds is 8. The maximum atomic E-state index is 13.4. The molecular weight excluding hydrogens is 288 g/mol. The van der Waals surface area contributed by atoms with E-state index in [4.69, 9.17) is 16.3 Å².